The summed E-state index contributed by atoms with van der Waals surface area (Å²) in [6.07, 6.45) is 3.40. The second kappa shape index (κ2) is 6.72. The zero-order valence-electron chi connectivity index (χ0n) is 11.7. The Balaban J connectivity index is 2.40. The van der Waals surface area contributed by atoms with E-state index in [9.17, 15) is 0 Å². The highest BCUT2D eigenvalue weighted by Gasteiger charge is 2.16. The Morgan fingerprint density at radius 1 is 1.25 bits per heavy atom. The molecule has 5 heteroatoms. The van der Waals surface area contributed by atoms with Crippen molar-refractivity contribution >= 4 is 15.9 Å². The first-order chi connectivity index (χ1) is 9.65. The lowest BCUT2D eigenvalue weighted by atomic mass is 10.1. The largest absolute Gasteiger partial charge is 0.496 e. The third-order valence-electron chi connectivity index (χ3n) is 3.02. The van der Waals surface area contributed by atoms with Crippen LogP contribution in [0.5, 0.6) is 17.2 Å². The van der Waals surface area contributed by atoms with Crippen LogP contribution in [0.1, 0.15) is 18.5 Å². The number of benzene rings is 1. The molecule has 0 amide bonds. The molecule has 1 aromatic heterocycles. The van der Waals surface area contributed by atoms with E-state index in [2.05, 4.69) is 33.2 Å². The van der Waals surface area contributed by atoms with Gasteiger partial charge in [0.2, 0.25) is 0 Å². The smallest absolute Gasteiger partial charge is 0.146 e. The highest BCUT2D eigenvalue weighted by atomic mass is 79.9. The molecule has 20 heavy (non-hydrogen) atoms. The van der Waals surface area contributed by atoms with Gasteiger partial charge in [-0.25, -0.2) is 0 Å². The molecule has 106 valence electrons. The number of hydrogen-bond donors (Lipinski definition) is 1. The minimum Gasteiger partial charge on any atom is -0.496 e. The monoisotopic (exact) mass is 336 g/mol. The lowest BCUT2D eigenvalue weighted by Crippen LogP contribution is -2.14. The van der Waals surface area contributed by atoms with E-state index in [0.29, 0.717) is 5.75 Å². The van der Waals surface area contributed by atoms with Gasteiger partial charge in [0.25, 0.3) is 0 Å². The maximum absolute atomic E-state index is 5.94. The van der Waals surface area contributed by atoms with Gasteiger partial charge in [-0.15, -0.1) is 0 Å². The van der Waals surface area contributed by atoms with Crippen molar-refractivity contribution in [1.82, 2.24) is 10.3 Å². The van der Waals surface area contributed by atoms with Crippen molar-refractivity contribution in [3.05, 3.63) is 46.7 Å². The molecular formula is C15H17BrN2O2. The van der Waals surface area contributed by atoms with Crippen LogP contribution in [-0.4, -0.2) is 19.1 Å². The number of pyridine rings is 1. The van der Waals surface area contributed by atoms with Crippen LogP contribution in [0.2, 0.25) is 0 Å². The van der Waals surface area contributed by atoms with Crippen LogP contribution in [0.25, 0.3) is 0 Å². The average Bonchev–Trinajstić information content (AvgIpc) is 2.46. The summed E-state index contributed by atoms with van der Waals surface area (Å²) in [5, 5.41) is 3.21. The lowest BCUT2D eigenvalue weighted by molar-refractivity contribution is 0.393. The third-order valence-corrected chi connectivity index (χ3v) is 3.45. The molecule has 0 saturated heterocycles. The molecule has 2 rings (SSSR count). The van der Waals surface area contributed by atoms with E-state index in [1.165, 1.54) is 0 Å². The fourth-order valence-corrected chi connectivity index (χ4v) is 2.28. The maximum atomic E-state index is 5.94. The minimum absolute atomic E-state index is 0.112. The fraction of sp³-hybridized carbons (Fsp3) is 0.267. The first-order valence-electron chi connectivity index (χ1n) is 6.28. The Morgan fingerprint density at radius 2 is 2.00 bits per heavy atom. The van der Waals surface area contributed by atoms with Gasteiger partial charge in [-0.2, -0.15) is 0 Å². The van der Waals surface area contributed by atoms with E-state index in [0.717, 1.165) is 21.5 Å². The molecule has 1 atom stereocenters. The minimum atomic E-state index is 0.112. The number of nitrogens with zero attached hydrogens (tertiary/aromatic N) is 1. The average molecular weight is 337 g/mol. The number of hydrogen-bond acceptors (Lipinski definition) is 4. The van der Waals surface area contributed by atoms with E-state index in [-0.39, 0.29) is 6.04 Å². The lowest BCUT2D eigenvalue weighted by Gasteiger charge is -2.19. The number of nitrogens with one attached hydrogen (secondary N) is 1. The van der Waals surface area contributed by atoms with Gasteiger partial charge >= 0.3 is 0 Å². The zero-order valence-corrected chi connectivity index (χ0v) is 13.3. The van der Waals surface area contributed by atoms with Crippen LogP contribution >= 0.6 is 15.9 Å². The number of ether oxygens (including phenoxy) is 2. The third kappa shape index (κ3) is 3.29. The van der Waals surface area contributed by atoms with Crippen molar-refractivity contribution in [3.8, 4) is 17.2 Å². The predicted molar refractivity (Wildman–Crippen MR) is 82.5 cm³/mol. The Bertz CT molecular complexity index is 590. The second-order valence-electron chi connectivity index (χ2n) is 4.32. The van der Waals surface area contributed by atoms with Gasteiger partial charge in [0, 0.05) is 16.7 Å². The highest BCUT2D eigenvalue weighted by Crippen LogP contribution is 2.36. The van der Waals surface area contributed by atoms with Crippen LogP contribution in [0.4, 0.5) is 0 Å². The first-order valence-corrected chi connectivity index (χ1v) is 7.07. The molecule has 0 spiro atoms. The molecule has 0 fully saturated rings. The maximum Gasteiger partial charge on any atom is 0.146 e. The van der Waals surface area contributed by atoms with E-state index >= 15 is 0 Å². The Morgan fingerprint density at radius 3 is 2.65 bits per heavy atom. The summed E-state index contributed by atoms with van der Waals surface area (Å²) in [5.74, 6) is 2.23. The van der Waals surface area contributed by atoms with E-state index < -0.39 is 0 Å². The van der Waals surface area contributed by atoms with E-state index in [4.69, 9.17) is 9.47 Å². The van der Waals surface area contributed by atoms with Gasteiger partial charge in [-0.3, -0.25) is 4.98 Å². The summed E-state index contributed by atoms with van der Waals surface area (Å²) in [6.45, 7) is 2.06. The Hall–Kier alpha value is -1.59. The van der Waals surface area contributed by atoms with Gasteiger partial charge in [0.05, 0.1) is 18.9 Å². The quantitative estimate of drug-likeness (QED) is 0.898. The van der Waals surface area contributed by atoms with Crippen LogP contribution < -0.4 is 14.8 Å². The summed E-state index contributed by atoms with van der Waals surface area (Å²) >= 11 is 3.39. The summed E-state index contributed by atoms with van der Waals surface area (Å²) in [5.41, 5.74) is 0.984. The summed E-state index contributed by atoms with van der Waals surface area (Å²) in [4.78, 5) is 4.10. The number of halogens is 1. The Labute approximate surface area is 127 Å². The molecule has 0 aliphatic rings. The number of rotatable bonds is 5. The van der Waals surface area contributed by atoms with Crippen molar-refractivity contribution in [2.45, 2.75) is 13.0 Å². The van der Waals surface area contributed by atoms with Crippen molar-refractivity contribution < 1.29 is 9.47 Å². The second-order valence-corrected chi connectivity index (χ2v) is 5.24. The van der Waals surface area contributed by atoms with Gasteiger partial charge < -0.3 is 14.8 Å². The number of aromatic nitrogens is 1. The fourth-order valence-electron chi connectivity index (χ4n) is 1.94. The van der Waals surface area contributed by atoms with Crippen molar-refractivity contribution in [2.75, 3.05) is 14.2 Å². The molecule has 0 radical (unpaired) electrons. The topological polar surface area (TPSA) is 43.4 Å². The summed E-state index contributed by atoms with van der Waals surface area (Å²) in [7, 11) is 3.56. The van der Waals surface area contributed by atoms with E-state index in [1.54, 1.807) is 19.5 Å². The Kier molecular flexibility index (Phi) is 4.98. The summed E-state index contributed by atoms with van der Waals surface area (Å²) < 4.78 is 12.2. The normalized spacial score (nSPS) is 12.0. The van der Waals surface area contributed by atoms with Crippen molar-refractivity contribution in [2.24, 2.45) is 0 Å². The molecule has 0 bridgehead atoms. The zero-order chi connectivity index (χ0) is 14.5. The molecule has 1 heterocycles. The van der Waals surface area contributed by atoms with E-state index in [1.807, 2.05) is 31.3 Å². The molecule has 4 nitrogen and oxygen atoms in total. The molecular weight excluding hydrogens is 320 g/mol. The van der Waals surface area contributed by atoms with Crippen LogP contribution in [0, 0.1) is 0 Å². The van der Waals surface area contributed by atoms with Gasteiger partial charge in [0.1, 0.15) is 17.2 Å². The van der Waals surface area contributed by atoms with Gasteiger partial charge in [-0.1, -0.05) is 6.07 Å². The van der Waals surface area contributed by atoms with Crippen LogP contribution in [0.3, 0.4) is 0 Å². The molecule has 1 N–H and O–H groups in total. The number of methoxy groups -OCH3 is 1. The molecule has 0 saturated carbocycles. The SMILES string of the molecule is CNC(C)c1c(OC)cccc1Oc1cncc(Br)c1. The highest BCUT2D eigenvalue weighted by molar-refractivity contribution is 9.10. The van der Waals surface area contributed by atoms with Gasteiger partial charge in [-0.05, 0) is 48.1 Å². The van der Waals surface area contributed by atoms with Gasteiger partial charge in [0.15, 0.2) is 0 Å². The molecule has 0 aliphatic heterocycles. The molecule has 2 aromatic rings. The van der Waals surface area contributed by atoms with Crippen LogP contribution in [-0.2, 0) is 0 Å². The molecule has 1 unspecified atom stereocenters. The van der Waals surface area contributed by atoms with Crippen LogP contribution in [0.15, 0.2) is 41.1 Å². The first kappa shape index (κ1) is 14.8. The van der Waals surface area contributed by atoms with Crippen molar-refractivity contribution in [3.63, 3.8) is 0 Å². The standard InChI is InChI=1S/C15H17BrN2O2/c1-10(17-2)15-13(19-3)5-4-6-14(15)20-12-7-11(16)8-18-9-12/h4-10,17H,1-3H3. The predicted octanol–water partition coefficient (Wildman–Crippen LogP) is 3.93. The molecule has 0 aliphatic carbocycles. The molecule has 1 aromatic carbocycles. The summed E-state index contributed by atoms with van der Waals surface area (Å²) in [6, 6.07) is 7.74. The van der Waals surface area contributed by atoms with Crippen molar-refractivity contribution in [1.29, 1.82) is 0 Å².